The summed E-state index contributed by atoms with van der Waals surface area (Å²) in [5.74, 6) is -0.127. The number of carbonyl (C=O) groups excluding carboxylic acids is 1. The zero-order valence-electron chi connectivity index (χ0n) is 19.2. The Kier molecular flexibility index (Phi) is 8.28. The van der Waals surface area contributed by atoms with Crippen molar-refractivity contribution >= 4 is 22.5 Å². The number of piperidine rings is 1. The molecule has 0 unspecified atom stereocenters. The van der Waals surface area contributed by atoms with Gasteiger partial charge in [-0.3, -0.25) is 4.79 Å². The second kappa shape index (κ2) is 11.8. The van der Waals surface area contributed by atoms with Crippen molar-refractivity contribution in [1.82, 2.24) is 15.2 Å². The van der Waals surface area contributed by atoms with E-state index in [2.05, 4.69) is 27.7 Å². The van der Waals surface area contributed by atoms with Crippen molar-refractivity contribution in [3.05, 3.63) is 60.2 Å². The molecule has 2 heterocycles. The monoisotopic (exact) mass is 446 g/mol. The van der Waals surface area contributed by atoms with Gasteiger partial charge in [0.15, 0.2) is 0 Å². The summed E-state index contributed by atoms with van der Waals surface area (Å²) in [6.45, 7) is 5.08. The lowest BCUT2D eigenvalue weighted by atomic mass is 10.1. The molecule has 1 aliphatic rings. The van der Waals surface area contributed by atoms with Gasteiger partial charge in [-0.2, -0.15) is 0 Å². The molecule has 1 fully saturated rings. The lowest BCUT2D eigenvalue weighted by Gasteiger charge is -2.26. The van der Waals surface area contributed by atoms with Gasteiger partial charge in [0.1, 0.15) is 0 Å². The van der Waals surface area contributed by atoms with Gasteiger partial charge in [-0.25, -0.2) is 4.98 Å². The summed E-state index contributed by atoms with van der Waals surface area (Å²) in [4.78, 5) is 19.7. The van der Waals surface area contributed by atoms with Crippen LogP contribution in [0.25, 0.3) is 22.2 Å². The SMILES string of the molecule is O=C(NCCCO)c1ccc(-c2cc(NCCCN3CCCCC3)c3ccccc3n2)cc1. The van der Waals surface area contributed by atoms with Gasteiger partial charge in [-0.1, -0.05) is 36.8 Å². The number of anilines is 1. The molecule has 3 aromatic rings. The Morgan fingerprint density at radius 2 is 1.76 bits per heavy atom. The van der Waals surface area contributed by atoms with Gasteiger partial charge in [0.05, 0.1) is 11.2 Å². The van der Waals surface area contributed by atoms with Crippen LogP contribution in [0.1, 0.15) is 42.5 Å². The maximum Gasteiger partial charge on any atom is 0.251 e. The number of hydrogen-bond acceptors (Lipinski definition) is 5. The molecule has 1 saturated heterocycles. The summed E-state index contributed by atoms with van der Waals surface area (Å²) in [5.41, 5.74) is 4.52. The van der Waals surface area contributed by atoms with Crippen molar-refractivity contribution in [2.24, 2.45) is 0 Å². The number of aromatic nitrogens is 1. The van der Waals surface area contributed by atoms with Crippen LogP contribution in [-0.4, -0.2) is 60.2 Å². The number of aliphatic hydroxyl groups is 1. The predicted octanol–water partition coefficient (Wildman–Crippen LogP) is 4.30. The molecule has 0 spiro atoms. The zero-order valence-corrected chi connectivity index (χ0v) is 19.2. The minimum Gasteiger partial charge on any atom is -0.396 e. The van der Waals surface area contributed by atoms with Crippen molar-refractivity contribution in [1.29, 1.82) is 0 Å². The van der Waals surface area contributed by atoms with Crippen molar-refractivity contribution in [3.63, 3.8) is 0 Å². The second-order valence-electron chi connectivity index (χ2n) is 8.67. The average Bonchev–Trinajstić information content (AvgIpc) is 2.87. The maximum atomic E-state index is 12.2. The number of amides is 1. The van der Waals surface area contributed by atoms with Crippen molar-refractivity contribution < 1.29 is 9.90 Å². The minimum absolute atomic E-state index is 0.0709. The number of para-hydroxylation sites is 1. The Balaban J connectivity index is 1.46. The molecule has 1 amide bonds. The van der Waals surface area contributed by atoms with E-state index in [1.165, 1.54) is 32.4 Å². The fourth-order valence-electron chi connectivity index (χ4n) is 4.35. The molecule has 174 valence electrons. The van der Waals surface area contributed by atoms with E-state index in [4.69, 9.17) is 10.1 Å². The van der Waals surface area contributed by atoms with Crippen LogP contribution in [0.2, 0.25) is 0 Å². The van der Waals surface area contributed by atoms with Crippen molar-refractivity contribution in [2.75, 3.05) is 44.6 Å². The molecule has 2 aromatic carbocycles. The topological polar surface area (TPSA) is 77.5 Å². The third-order valence-electron chi connectivity index (χ3n) is 6.19. The number of rotatable bonds is 10. The fourth-order valence-corrected chi connectivity index (χ4v) is 4.35. The van der Waals surface area contributed by atoms with Crippen molar-refractivity contribution in [3.8, 4) is 11.3 Å². The highest BCUT2D eigenvalue weighted by molar-refractivity contribution is 5.96. The number of pyridine rings is 1. The molecule has 6 nitrogen and oxygen atoms in total. The molecule has 0 atom stereocenters. The fraction of sp³-hybridized carbons (Fsp3) is 0.407. The van der Waals surface area contributed by atoms with Crippen LogP contribution < -0.4 is 10.6 Å². The number of benzene rings is 2. The van der Waals surface area contributed by atoms with Crippen LogP contribution in [0.4, 0.5) is 5.69 Å². The van der Waals surface area contributed by atoms with Gasteiger partial charge in [0, 0.05) is 41.9 Å². The maximum absolute atomic E-state index is 12.2. The minimum atomic E-state index is -0.127. The Labute approximate surface area is 196 Å². The molecule has 1 aliphatic heterocycles. The molecule has 0 radical (unpaired) electrons. The Morgan fingerprint density at radius 1 is 0.970 bits per heavy atom. The van der Waals surface area contributed by atoms with Crippen LogP contribution in [0, 0.1) is 0 Å². The third kappa shape index (κ3) is 6.30. The Hall–Kier alpha value is -2.96. The average molecular weight is 447 g/mol. The first-order valence-corrected chi connectivity index (χ1v) is 12.1. The highest BCUT2D eigenvalue weighted by atomic mass is 16.3. The molecule has 6 heteroatoms. The van der Waals surface area contributed by atoms with Crippen LogP contribution in [0.3, 0.4) is 0 Å². The number of hydrogen-bond donors (Lipinski definition) is 3. The van der Waals surface area contributed by atoms with E-state index in [1.807, 2.05) is 42.5 Å². The number of nitrogens with one attached hydrogen (secondary N) is 2. The van der Waals surface area contributed by atoms with Gasteiger partial charge in [0.2, 0.25) is 0 Å². The molecule has 0 saturated carbocycles. The van der Waals surface area contributed by atoms with Crippen LogP contribution in [0.5, 0.6) is 0 Å². The molecule has 1 aromatic heterocycles. The number of carbonyl (C=O) groups is 1. The van der Waals surface area contributed by atoms with Crippen molar-refractivity contribution in [2.45, 2.75) is 32.1 Å². The van der Waals surface area contributed by atoms with E-state index in [0.717, 1.165) is 47.4 Å². The largest absolute Gasteiger partial charge is 0.396 e. The molecule has 3 N–H and O–H groups in total. The van der Waals surface area contributed by atoms with Crippen LogP contribution >= 0.6 is 0 Å². The zero-order chi connectivity index (χ0) is 22.9. The lowest BCUT2D eigenvalue weighted by molar-refractivity contribution is 0.0951. The normalized spacial score (nSPS) is 14.3. The smallest absolute Gasteiger partial charge is 0.251 e. The quantitative estimate of drug-likeness (QED) is 0.405. The van der Waals surface area contributed by atoms with Gasteiger partial charge >= 0.3 is 0 Å². The summed E-state index contributed by atoms with van der Waals surface area (Å²) >= 11 is 0. The lowest BCUT2D eigenvalue weighted by Crippen LogP contribution is -2.31. The Bertz CT molecular complexity index is 1050. The Morgan fingerprint density at radius 3 is 2.55 bits per heavy atom. The molecule has 4 rings (SSSR count). The first kappa shape index (κ1) is 23.2. The predicted molar refractivity (Wildman–Crippen MR) is 135 cm³/mol. The first-order chi connectivity index (χ1) is 16.2. The molecular formula is C27H34N4O2. The van der Waals surface area contributed by atoms with E-state index >= 15 is 0 Å². The summed E-state index contributed by atoms with van der Waals surface area (Å²) in [7, 11) is 0. The van der Waals surface area contributed by atoms with E-state index in [0.29, 0.717) is 18.5 Å². The number of fused-ring (bicyclic) bond motifs is 1. The molecule has 0 bridgehead atoms. The van der Waals surface area contributed by atoms with Crippen LogP contribution in [-0.2, 0) is 0 Å². The first-order valence-electron chi connectivity index (χ1n) is 12.1. The van der Waals surface area contributed by atoms with E-state index in [9.17, 15) is 4.79 Å². The van der Waals surface area contributed by atoms with Gasteiger partial charge < -0.3 is 20.6 Å². The van der Waals surface area contributed by atoms with E-state index in [1.54, 1.807) is 0 Å². The number of aliphatic hydroxyl groups excluding tert-OH is 1. The highest BCUT2D eigenvalue weighted by Gasteiger charge is 2.11. The van der Waals surface area contributed by atoms with Gasteiger partial charge in [0.25, 0.3) is 5.91 Å². The molecule has 33 heavy (non-hydrogen) atoms. The van der Waals surface area contributed by atoms with Gasteiger partial charge in [-0.15, -0.1) is 0 Å². The van der Waals surface area contributed by atoms with Gasteiger partial charge in [-0.05, 0) is 69.6 Å². The summed E-state index contributed by atoms with van der Waals surface area (Å²) < 4.78 is 0. The summed E-state index contributed by atoms with van der Waals surface area (Å²) in [5, 5.41) is 16.5. The standard InChI is InChI=1S/C27H34N4O2/c32-19-7-15-29-27(33)22-12-10-21(11-13-22)25-20-26(23-8-2-3-9-24(23)30-25)28-14-6-18-31-16-4-1-5-17-31/h2-3,8-13,20,32H,1,4-7,14-19H2,(H,28,30)(H,29,33). The van der Waals surface area contributed by atoms with E-state index in [-0.39, 0.29) is 12.5 Å². The van der Waals surface area contributed by atoms with Crippen LogP contribution in [0.15, 0.2) is 54.6 Å². The summed E-state index contributed by atoms with van der Waals surface area (Å²) in [6, 6.07) is 17.9. The number of nitrogens with zero attached hydrogens (tertiary/aromatic N) is 2. The third-order valence-corrected chi connectivity index (χ3v) is 6.19. The van der Waals surface area contributed by atoms with E-state index < -0.39 is 0 Å². The molecular weight excluding hydrogens is 412 g/mol. The highest BCUT2D eigenvalue weighted by Crippen LogP contribution is 2.28. The molecule has 0 aliphatic carbocycles. The second-order valence-corrected chi connectivity index (χ2v) is 8.67. The number of likely N-dealkylation sites (tertiary alicyclic amines) is 1. The summed E-state index contributed by atoms with van der Waals surface area (Å²) in [6.07, 6.45) is 5.70.